The van der Waals surface area contributed by atoms with E-state index in [-0.39, 0.29) is 0 Å². The molecule has 0 aliphatic carbocycles. The maximum absolute atomic E-state index is 6.49. The summed E-state index contributed by atoms with van der Waals surface area (Å²) >= 11 is 0. The molecule has 12 heteroatoms. The van der Waals surface area contributed by atoms with E-state index in [9.17, 15) is 0 Å². The number of aromatic nitrogens is 9. The van der Waals surface area contributed by atoms with Crippen LogP contribution in [0.4, 0.5) is 0 Å². The third-order valence-corrected chi connectivity index (χ3v) is 27.4. The van der Waals surface area contributed by atoms with Gasteiger partial charge in [0, 0.05) is 77.0 Å². The lowest BCUT2D eigenvalue weighted by Gasteiger charge is -2.12. The van der Waals surface area contributed by atoms with Crippen molar-refractivity contribution < 1.29 is 13.3 Å². The molecule has 0 radical (unpaired) electrons. The van der Waals surface area contributed by atoms with Crippen LogP contribution in [0.1, 0.15) is 0 Å². The van der Waals surface area contributed by atoms with Crippen LogP contribution in [0.3, 0.4) is 0 Å². The molecule has 0 fully saturated rings. The number of oxazole rings is 3. The second-order valence-corrected chi connectivity index (χ2v) is 36.2. The molecule has 0 spiro atoms. The fourth-order valence-corrected chi connectivity index (χ4v) is 20.2. The van der Waals surface area contributed by atoms with Crippen molar-refractivity contribution in [1.29, 1.82) is 0 Å². The highest BCUT2D eigenvalue weighted by atomic mass is 16.4. The minimum atomic E-state index is 0.627. The Kier molecular flexibility index (Phi) is 20.3. The van der Waals surface area contributed by atoms with Crippen molar-refractivity contribution >= 4 is 152 Å². The van der Waals surface area contributed by atoms with Gasteiger partial charge in [-0.2, -0.15) is 0 Å². The third kappa shape index (κ3) is 15.4. The van der Waals surface area contributed by atoms with Crippen LogP contribution in [-0.2, 0) is 0 Å². The molecule has 0 amide bonds. The molecular formula is C131H79N9O3. The first-order chi connectivity index (χ1) is 70.8. The standard InChI is InChI=1S/2C45H27N3O.C41H25N3O/c1-3-10-31(11-4-1)42-37-23-21-35(27-40(37)46-44(48-42)36-20-15-28-9-7-8-14-33(28)25-36)34-19-17-29-16-18-30-22-24-39-43(41(30)38(29)26-34)49-45(47-39)32-12-5-2-6-13-32;1-3-10-30(11-4-1)44-46-40-27-34(20-23-38(40)42(48-44)36-18-15-28-9-7-8-14-32(28)26-36)33-19-22-37-35(25-33)17-16-29-21-24-39-43(41(29)37)49-45(47-39)31-12-5-2-6-13-31;1-4-10-27(11-5-1)38-39(28-12-6-2-7-13-28)43-36-25-31(20-22-34(36)42-38)30-18-21-33-32(24-30)17-16-26-19-23-35-40(37(26)33)45-41(44-35)29-14-8-3-9-15-29/h2*1-27H;1-25H. The molecule has 0 saturated heterocycles. The van der Waals surface area contributed by atoms with Crippen molar-refractivity contribution in [1.82, 2.24) is 44.9 Å². The van der Waals surface area contributed by atoms with Gasteiger partial charge in [0.15, 0.2) is 28.4 Å². The number of hydrogen-bond acceptors (Lipinski definition) is 12. The Morgan fingerprint density at radius 2 is 0.406 bits per heavy atom. The topological polar surface area (TPSA) is 155 Å². The summed E-state index contributed by atoms with van der Waals surface area (Å²) in [7, 11) is 0. The Hall–Kier alpha value is -19.4. The van der Waals surface area contributed by atoms with Gasteiger partial charge in [-0.3, -0.25) is 0 Å². The molecule has 0 atom stereocenters. The maximum atomic E-state index is 6.49. The lowest BCUT2D eigenvalue weighted by molar-refractivity contribution is 0.623. The summed E-state index contributed by atoms with van der Waals surface area (Å²) in [6.45, 7) is 0. The molecule has 0 saturated carbocycles. The molecule has 6 heterocycles. The van der Waals surface area contributed by atoms with Gasteiger partial charge in [0.25, 0.3) is 0 Å². The lowest BCUT2D eigenvalue weighted by atomic mass is 9.95. The summed E-state index contributed by atoms with van der Waals surface area (Å²) in [5.74, 6) is 3.31. The number of fused-ring (bicyclic) bond motifs is 20. The van der Waals surface area contributed by atoms with Crippen LogP contribution in [0.15, 0.2) is 492 Å². The minimum Gasteiger partial charge on any atom is -0.435 e. The first kappa shape index (κ1) is 83.0. The molecule has 29 aromatic rings. The molecule has 666 valence electrons. The highest BCUT2D eigenvalue weighted by Crippen LogP contribution is 2.45. The fourth-order valence-electron chi connectivity index (χ4n) is 20.2. The Balaban J connectivity index is 0.000000107. The second-order valence-electron chi connectivity index (χ2n) is 36.2. The van der Waals surface area contributed by atoms with Crippen LogP contribution in [0, 0.1) is 0 Å². The number of rotatable bonds is 12. The normalized spacial score (nSPS) is 11.6. The smallest absolute Gasteiger partial charge is 0.227 e. The lowest BCUT2D eigenvalue weighted by Crippen LogP contribution is -1.96. The predicted octanol–water partition coefficient (Wildman–Crippen LogP) is 34.5. The highest BCUT2D eigenvalue weighted by Gasteiger charge is 2.24. The van der Waals surface area contributed by atoms with E-state index in [4.69, 9.17) is 58.1 Å². The van der Waals surface area contributed by atoms with Crippen molar-refractivity contribution in [3.8, 4) is 136 Å². The zero-order valence-corrected chi connectivity index (χ0v) is 76.9. The average molecular weight is 1830 g/mol. The third-order valence-electron chi connectivity index (χ3n) is 27.4. The van der Waals surface area contributed by atoms with Crippen molar-refractivity contribution in [3.63, 3.8) is 0 Å². The van der Waals surface area contributed by atoms with Crippen molar-refractivity contribution in [2.75, 3.05) is 0 Å². The quantitative estimate of drug-likeness (QED) is 0.107. The van der Waals surface area contributed by atoms with E-state index in [1.54, 1.807) is 0 Å². The van der Waals surface area contributed by atoms with E-state index >= 15 is 0 Å². The first-order valence-electron chi connectivity index (χ1n) is 47.9. The summed E-state index contributed by atoms with van der Waals surface area (Å²) in [4.78, 5) is 45.4. The van der Waals surface area contributed by atoms with E-state index in [1.807, 2.05) is 170 Å². The van der Waals surface area contributed by atoms with Gasteiger partial charge in [0.1, 0.15) is 16.6 Å². The van der Waals surface area contributed by atoms with E-state index in [1.165, 1.54) is 21.5 Å². The van der Waals surface area contributed by atoms with Crippen LogP contribution < -0.4 is 0 Å². The summed E-state index contributed by atoms with van der Waals surface area (Å²) in [5, 5.41) is 20.2. The van der Waals surface area contributed by atoms with Crippen LogP contribution >= 0.6 is 0 Å². The highest BCUT2D eigenvalue weighted by molar-refractivity contribution is 6.22. The summed E-state index contributed by atoms with van der Waals surface area (Å²) in [5.41, 5.74) is 27.9. The SMILES string of the molecule is c1ccc(-c2nc(-c3ccc4ccccc4c3)c3ccc(-c4ccc5c(ccc6ccc7nc(-c8ccccc8)oc7c65)c4)cc3n2)cc1.c1ccc(-c2nc3ccc4ccc5cc(-c6ccc7nc(-c8ccccc8)c(-c8ccccc8)nc7c6)ccc5c4c3o2)cc1.c1ccc(-c2nc3ccc4ccc5ccc(-c6ccc7c(-c8ccccc8)nc(-c8ccc9ccccc9c8)nc7c6)cc5c4c3o2)cc1. The second kappa shape index (κ2) is 35.0. The van der Waals surface area contributed by atoms with Crippen molar-refractivity contribution in [2.45, 2.75) is 0 Å². The van der Waals surface area contributed by atoms with E-state index in [2.05, 4.69) is 309 Å². The monoisotopic (exact) mass is 1830 g/mol. The van der Waals surface area contributed by atoms with E-state index in [0.29, 0.717) is 29.3 Å². The number of benzene rings is 23. The fraction of sp³-hybridized carbons (Fsp3) is 0. The average Bonchev–Trinajstić information content (AvgIpc) is 1.69. The molecule has 143 heavy (non-hydrogen) atoms. The van der Waals surface area contributed by atoms with Gasteiger partial charge in [-0.25, -0.2) is 44.9 Å². The zero-order chi connectivity index (χ0) is 94.4. The summed E-state index contributed by atoms with van der Waals surface area (Å²) in [6, 6.07) is 166. The summed E-state index contributed by atoms with van der Waals surface area (Å²) < 4.78 is 19.3. The number of hydrogen-bond donors (Lipinski definition) is 0. The molecule has 0 aliphatic rings. The molecule has 23 aromatic carbocycles. The van der Waals surface area contributed by atoms with Gasteiger partial charge in [-0.1, -0.05) is 358 Å². The Bertz CT molecular complexity index is 10100. The Morgan fingerprint density at radius 1 is 0.126 bits per heavy atom. The van der Waals surface area contributed by atoms with Crippen LogP contribution in [0.5, 0.6) is 0 Å². The Morgan fingerprint density at radius 3 is 0.860 bits per heavy atom. The van der Waals surface area contributed by atoms with Crippen molar-refractivity contribution in [3.05, 3.63) is 479 Å². The van der Waals surface area contributed by atoms with E-state index in [0.717, 1.165) is 237 Å². The molecular weight excluding hydrogens is 1750 g/mol. The molecule has 0 N–H and O–H groups in total. The molecule has 0 bridgehead atoms. The van der Waals surface area contributed by atoms with Gasteiger partial charge in [-0.15, -0.1) is 0 Å². The Labute approximate surface area is 819 Å². The van der Waals surface area contributed by atoms with Crippen LogP contribution in [0.2, 0.25) is 0 Å². The van der Waals surface area contributed by atoms with Crippen LogP contribution in [-0.4, -0.2) is 44.9 Å². The van der Waals surface area contributed by atoms with Gasteiger partial charge in [0.2, 0.25) is 17.7 Å². The van der Waals surface area contributed by atoms with Crippen molar-refractivity contribution in [2.24, 2.45) is 0 Å². The predicted molar refractivity (Wildman–Crippen MR) is 587 cm³/mol. The molecule has 0 aliphatic heterocycles. The largest absolute Gasteiger partial charge is 0.435 e. The molecule has 0 unspecified atom stereocenters. The zero-order valence-electron chi connectivity index (χ0n) is 76.9. The van der Waals surface area contributed by atoms with Gasteiger partial charge >= 0.3 is 0 Å². The maximum Gasteiger partial charge on any atom is 0.227 e. The molecule has 12 nitrogen and oxygen atoms in total. The van der Waals surface area contributed by atoms with Gasteiger partial charge in [0.05, 0.1) is 44.8 Å². The summed E-state index contributed by atoms with van der Waals surface area (Å²) in [6.07, 6.45) is 0. The van der Waals surface area contributed by atoms with Gasteiger partial charge < -0.3 is 13.3 Å². The molecule has 6 aromatic heterocycles. The van der Waals surface area contributed by atoms with E-state index < -0.39 is 0 Å². The number of nitrogens with zero attached hydrogens (tertiary/aromatic N) is 9. The van der Waals surface area contributed by atoms with Crippen LogP contribution in [0.25, 0.3) is 288 Å². The minimum absolute atomic E-state index is 0.627. The first-order valence-corrected chi connectivity index (χ1v) is 47.9. The molecule has 29 rings (SSSR count). The van der Waals surface area contributed by atoms with Gasteiger partial charge in [-0.05, 0) is 225 Å².